The van der Waals surface area contributed by atoms with Gasteiger partial charge in [0.25, 0.3) is 0 Å². The predicted octanol–water partition coefficient (Wildman–Crippen LogP) is 1.80. The molecule has 2 rings (SSSR count). The monoisotopic (exact) mass is 219 g/mol. The second-order valence-corrected chi connectivity index (χ2v) is 4.88. The van der Waals surface area contributed by atoms with E-state index in [-0.39, 0.29) is 0 Å². The molecule has 1 aliphatic heterocycles. The summed E-state index contributed by atoms with van der Waals surface area (Å²) in [5, 5.41) is 0. The third-order valence-corrected chi connectivity index (χ3v) is 3.52. The molecule has 1 heterocycles. The largest absolute Gasteiger partial charge is 0.399 e. The SMILES string of the molecule is CC1CN(c2ccc(N)cc2)C(C)CN1C. The Bertz CT molecular complexity index is 347. The van der Waals surface area contributed by atoms with E-state index in [1.54, 1.807) is 0 Å². The number of nitrogens with zero attached hydrogens (tertiary/aromatic N) is 2. The molecule has 0 aliphatic carbocycles. The van der Waals surface area contributed by atoms with Gasteiger partial charge in [-0.2, -0.15) is 0 Å². The second-order valence-electron chi connectivity index (χ2n) is 4.88. The third-order valence-electron chi connectivity index (χ3n) is 3.52. The number of rotatable bonds is 1. The lowest BCUT2D eigenvalue weighted by molar-refractivity contribution is 0.206. The predicted molar refractivity (Wildman–Crippen MR) is 69.8 cm³/mol. The molecular formula is C13H21N3. The van der Waals surface area contributed by atoms with Crippen LogP contribution in [0, 0.1) is 0 Å². The Balaban J connectivity index is 2.17. The highest BCUT2D eigenvalue weighted by Gasteiger charge is 2.26. The van der Waals surface area contributed by atoms with Gasteiger partial charge in [0.05, 0.1) is 0 Å². The summed E-state index contributed by atoms with van der Waals surface area (Å²) in [6.45, 7) is 6.75. The average Bonchev–Trinajstić information content (AvgIpc) is 2.25. The number of nitrogens with two attached hydrogens (primary N) is 1. The summed E-state index contributed by atoms with van der Waals surface area (Å²) in [6, 6.07) is 9.35. The summed E-state index contributed by atoms with van der Waals surface area (Å²) in [5.41, 5.74) is 7.82. The van der Waals surface area contributed by atoms with Crippen LogP contribution >= 0.6 is 0 Å². The topological polar surface area (TPSA) is 32.5 Å². The molecule has 2 atom stereocenters. The summed E-state index contributed by atoms with van der Waals surface area (Å²) in [5.74, 6) is 0. The molecule has 3 nitrogen and oxygen atoms in total. The van der Waals surface area contributed by atoms with Crippen LogP contribution in [0.3, 0.4) is 0 Å². The summed E-state index contributed by atoms with van der Waals surface area (Å²) in [7, 11) is 2.20. The Morgan fingerprint density at radius 3 is 2.31 bits per heavy atom. The molecule has 2 unspecified atom stereocenters. The molecule has 88 valence electrons. The zero-order valence-corrected chi connectivity index (χ0v) is 10.4. The van der Waals surface area contributed by atoms with E-state index in [0.717, 1.165) is 18.8 Å². The minimum atomic E-state index is 0.560. The first-order chi connectivity index (χ1) is 7.58. The Hall–Kier alpha value is -1.22. The van der Waals surface area contributed by atoms with Gasteiger partial charge in [0.15, 0.2) is 0 Å². The van der Waals surface area contributed by atoms with E-state index in [1.807, 2.05) is 12.1 Å². The lowest BCUT2D eigenvalue weighted by Crippen LogP contribution is -2.55. The maximum Gasteiger partial charge on any atom is 0.0389 e. The van der Waals surface area contributed by atoms with Gasteiger partial charge in [0.2, 0.25) is 0 Å². The maximum atomic E-state index is 5.71. The molecule has 1 fully saturated rings. The van der Waals surface area contributed by atoms with Crippen molar-refractivity contribution in [2.45, 2.75) is 25.9 Å². The van der Waals surface area contributed by atoms with Crippen molar-refractivity contribution in [1.82, 2.24) is 4.90 Å². The van der Waals surface area contributed by atoms with Gasteiger partial charge in [-0.15, -0.1) is 0 Å². The van der Waals surface area contributed by atoms with Crippen LogP contribution in [0.5, 0.6) is 0 Å². The first kappa shape index (κ1) is 11.3. The number of hydrogen-bond donors (Lipinski definition) is 1. The van der Waals surface area contributed by atoms with Crippen LogP contribution in [0.2, 0.25) is 0 Å². The van der Waals surface area contributed by atoms with Crippen molar-refractivity contribution in [1.29, 1.82) is 0 Å². The molecule has 1 aliphatic rings. The number of anilines is 2. The first-order valence-electron chi connectivity index (χ1n) is 5.90. The van der Waals surface area contributed by atoms with Gasteiger partial charge in [-0.05, 0) is 45.2 Å². The molecule has 0 saturated carbocycles. The lowest BCUT2D eigenvalue weighted by Gasteiger charge is -2.43. The number of hydrogen-bond acceptors (Lipinski definition) is 3. The van der Waals surface area contributed by atoms with Crippen molar-refractivity contribution in [3.63, 3.8) is 0 Å². The van der Waals surface area contributed by atoms with E-state index in [1.165, 1.54) is 5.69 Å². The van der Waals surface area contributed by atoms with E-state index < -0.39 is 0 Å². The van der Waals surface area contributed by atoms with Gasteiger partial charge in [-0.25, -0.2) is 0 Å². The van der Waals surface area contributed by atoms with Crippen molar-refractivity contribution in [3.05, 3.63) is 24.3 Å². The maximum absolute atomic E-state index is 5.71. The molecule has 0 amide bonds. The number of likely N-dealkylation sites (N-methyl/N-ethyl adjacent to an activating group) is 1. The van der Waals surface area contributed by atoms with E-state index in [4.69, 9.17) is 5.73 Å². The molecule has 2 N–H and O–H groups in total. The number of benzene rings is 1. The van der Waals surface area contributed by atoms with Gasteiger partial charge < -0.3 is 10.6 Å². The fourth-order valence-electron chi connectivity index (χ4n) is 2.32. The fraction of sp³-hybridized carbons (Fsp3) is 0.538. The van der Waals surface area contributed by atoms with Crippen molar-refractivity contribution in [2.24, 2.45) is 0 Å². The Labute approximate surface area is 97.8 Å². The van der Waals surface area contributed by atoms with Gasteiger partial charge in [-0.1, -0.05) is 0 Å². The Morgan fingerprint density at radius 2 is 1.69 bits per heavy atom. The molecule has 16 heavy (non-hydrogen) atoms. The number of nitrogen functional groups attached to an aromatic ring is 1. The fourth-order valence-corrected chi connectivity index (χ4v) is 2.32. The minimum absolute atomic E-state index is 0.560. The van der Waals surface area contributed by atoms with Crippen LogP contribution in [0.25, 0.3) is 0 Å². The smallest absolute Gasteiger partial charge is 0.0389 e. The summed E-state index contributed by atoms with van der Waals surface area (Å²) in [4.78, 5) is 4.88. The van der Waals surface area contributed by atoms with Crippen LogP contribution in [0.15, 0.2) is 24.3 Å². The molecule has 1 aromatic carbocycles. The Morgan fingerprint density at radius 1 is 1.06 bits per heavy atom. The van der Waals surface area contributed by atoms with E-state index in [0.29, 0.717) is 12.1 Å². The van der Waals surface area contributed by atoms with Crippen LogP contribution < -0.4 is 10.6 Å². The van der Waals surface area contributed by atoms with Crippen molar-refractivity contribution in [3.8, 4) is 0 Å². The minimum Gasteiger partial charge on any atom is -0.399 e. The molecule has 0 radical (unpaired) electrons. The molecule has 0 spiro atoms. The number of piperazine rings is 1. The lowest BCUT2D eigenvalue weighted by atomic mass is 10.1. The van der Waals surface area contributed by atoms with Crippen molar-refractivity contribution in [2.75, 3.05) is 30.8 Å². The van der Waals surface area contributed by atoms with Gasteiger partial charge in [-0.3, -0.25) is 4.90 Å². The molecule has 1 saturated heterocycles. The van der Waals surface area contributed by atoms with Crippen molar-refractivity contribution >= 4 is 11.4 Å². The molecule has 3 heteroatoms. The summed E-state index contributed by atoms with van der Waals surface area (Å²) < 4.78 is 0. The third kappa shape index (κ3) is 2.14. The summed E-state index contributed by atoms with van der Waals surface area (Å²) in [6.07, 6.45) is 0. The highest BCUT2D eigenvalue weighted by atomic mass is 15.3. The average molecular weight is 219 g/mol. The van der Waals surface area contributed by atoms with Gasteiger partial charge >= 0.3 is 0 Å². The standard InChI is InChI=1S/C13H21N3/c1-10-9-16(11(2)8-15(10)3)13-6-4-12(14)5-7-13/h4-7,10-11H,8-9,14H2,1-3H3. The van der Waals surface area contributed by atoms with E-state index in [2.05, 4.69) is 42.8 Å². The zero-order valence-electron chi connectivity index (χ0n) is 10.4. The highest BCUT2D eigenvalue weighted by molar-refractivity contribution is 5.54. The van der Waals surface area contributed by atoms with Crippen LogP contribution in [-0.4, -0.2) is 37.1 Å². The zero-order chi connectivity index (χ0) is 11.7. The normalized spacial score (nSPS) is 27.1. The molecule has 0 bridgehead atoms. The summed E-state index contributed by atoms with van der Waals surface area (Å²) >= 11 is 0. The first-order valence-corrected chi connectivity index (χ1v) is 5.90. The highest BCUT2D eigenvalue weighted by Crippen LogP contribution is 2.23. The van der Waals surface area contributed by atoms with Crippen LogP contribution in [-0.2, 0) is 0 Å². The Kier molecular flexibility index (Phi) is 3.06. The molecular weight excluding hydrogens is 198 g/mol. The second kappa shape index (κ2) is 4.34. The van der Waals surface area contributed by atoms with Gasteiger partial charge in [0.1, 0.15) is 0 Å². The quantitative estimate of drug-likeness (QED) is 0.731. The van der Waals surface area contributed by atoms with Crippen LogP contribution in [0.1, 0.15) is 13.8 Å². The van der Waals surface area contributed by atoms with Crippen molar-refractivity contribution < 1.29 is 0 Å². The van der Waals surface area contributed by atoms with E-state index >= 15 is 0 Å². The van der Waals surface area contributed by atoms with Gasteiger partial charge in [0, 0.05) is 36.5 Å². The van der Waals surface area contributed by atoms with E-state index in [9.17, 15) is 0 Å². The van der Waals surface area contributed by atoms with Crippen LogP contribution in [0.4, 0.5) is 11.4 Å². The molecule has 1 aromatic rings. The molecule has 0 aromatic heterocycles.